The number of ether oxygens (including phenoxy) is 1. The average Bonchev–Trinajstić information content (AvgIpc) is 2.43. The van der Waals surface area contributed by atoms with Crippen molar-refractivity contribution in [2.75, 3.05) is 13.2 Å². The third kappa shape index (κ3) is 6.80. The zero-order valence-electron chi connectivity index (χ0n) is 13.0. The van der Waals surface area contributed by atoms with Crippen molar-refractivity contribution in [3.05, 3.63) is 23.9 Å². The lowest BCUT2D eigenvalue weighted by molar-refractivity contribution is 0.0794. The van der Waals surface area contributed by atoms with E-state index in [2.05, 4.69) is 10.3 Å². The number of rotatable bonds is 7. The molecule has 1 aromatic rings. The summed E-state index contributed by atoms with van der Waals surface area (Å²) >= 11 is 0. The number of nitrogens with zero attached hydrogens (tertiary/aromatic N) is 1. The molecule has 2 N–H and O–H groups in total. The van der Waals surface area contributed by atoms with Crippen LogP contribution in [0.5, 0.6) is 5.88 Å². The number of hydrogen-bond acceptors (Lipinski definition) is 4. The van der Waals surface area contributed by atoms with Crippen molar-refractivity contribution in [2.24, 2.45) is 5.41 Å². The number of alkyl halides is 2. The van der Waals surface area contributed by atoms with Gasteiger partial charge in [0.15, 0.2) is 6.61 Å². The Kier molecular flexibility index (Phi) is 6.67. The molecule has 0 radical (unpaired) electrons. The van der Waals surface area contributed by atoms with Gasteiger partial charge in [-0.3, -0.25) is 4.79 Å². The molecular weight excluding hydrogens is 294 g/mol. The van der Waals surface area contributed by atoms with Crippen LogP contribution in [0.2, 0.25) is 0 Å². The molecule has 124 valence electrons. The second-order valence-electron chi connectivity index (χ2n) is 6.20. The van der Waals surface area contributed by atoms with Crippen LogP contribution in [-0.4, -0.2) is 41.7 Å². The maximum absolute atomic E-state index is 12.1. The molecule has 1 heterocycles. The summed E-state index contributed by atoms with van der Waals surface area (Å²) in [7, 11) is 0. The Labute approximate surface area is 128 Å². The van der Waals surface area contributed by atoms with Crippen LogP contribution < -0.4 is 10.1 Å². The highest BCUT2D eigenvalue weighted by Gasteiger charge is 2.20. The maximum Gasteiger partial charge on any atom is 0.272 e. The number of aromatic nitrogens is 1. The number of carbonyl (C=O) groups excluding carboxylic acids is 1. The molecule has 0 spiro atoms. The quantitative estimate of drug-likeness (QED) is 0.809. The number of aliphatic hydroxyl groups excluding tert-OH is 1. The zero-order chi connectivity index (χ0) is 16.8. The number of aliphatic hydroxyl groups is 1. The fourth-order valence-electron chi connectivity index (χ4n) is 1.95. The van der Waals surface area contributed by atoms with E-state index >= 15 is 0 Å². The maximum atomic E-state index is 12.1. The minimum absolute atomic E-state index is 0.0377. The van der Waals surface area contributed by atoms with Crippen LogP contribution in [0.4, 0.5) is 8.78 Å². The average molecular weight is 316 g/mol. The van der Waals surface area contributed by atoms with Crippen molar-refractivity contribution in [1.82, 2.24) is 10.3 Å². The van der Waals surface area contributed by atoms with E-state index in [1.165, 1.54) is 18.3 Å². The number of nitrogens with one attached hydrogen (secondary N) is 1. The number of amides is 1. The first-order valence-corrected chi connectivity index (χ1v) is 7.00. The molecule has 1 aromatic heterocycles. The lowest BCUT2D eigenvalue weighted by Gasteiger charge is -2.25. The van der Waals surface area contributed by atoms with Gasteiger partial charge >= 0.3 is 0 Å². The van der Waals surface area contributed by atoms with Gasteiger partial charge in [-0.05, 0) is 17.9 Å². The predicted molar refractivity (Wildman–Crippen MR) is 78.1 cm³/mol. The summed E-state index contributed by atoms with van der Waals surface area (Å²) in [5.41, 5.74) is 0.191. The van der Waals surface area contributed by atoms with E-state index in [9.17, 15) is 18.7 Å². The molecule has 0 aliphatic heterocycles. The molecule has 0 bridgehead atoms. The minimum atomic E-state index is -2.61. The first-order valence-electron chi connectivity index (χ1n) is 7.00. The van der Waals surface area contributed by atoms with Gasteiger partial charge in [-0.25, -0.2) is 13.8 Å². The van der Waals surface area contributed by atoms with Crippen molar-refractivity contribution >= 4 is 5.91 Å². The number of halogens is 2. The van der Waals surface area contributed by atoms with Crippen molar-refractivity contribution < 1.29 is 23.4 Å². The molecule has 0 aliphatic carbocycles. The summed E-state index contributed by atoms with van der Waals surface area (Å²) < 4.78 is 29.0. The van der Waals surface area contributed by atoms with E-state index in [-0.39, 0.29) is 29.5 Å². The fraction of sp³-hybridized carbons (Fsp3) is 0.600. The van der Waals surface area contributed by atoms with Gasteiger partial charge in [0.25, 0.3) is 12.3 Å². The van der Waals surface area contributed by atoms with Crippen LogP contribution in [0, 0.1) is 5.41 Å². The largest absolute Gasteiger partial charge is 0.472 e. The number of hydrogen-bond donors (Lipinski definition) is 2. The molecule has 0 aliphatic rings. The smallest absolute Gasteiger partial charge is 0.272 e. The first-order chi connectivity index (χ1) is 10.2. The van der Waals surface area contributed by atoms with E-state index in [1.807, 2.05) is 20.8 Å². The van der Waals surface area contributed by atoms with Crippen LogP contribution in [0.1, 0.15) is 37.6 Å². The number of pyridine rings is 1. The highest BCUT2D eigenvalue weighted by molar-refractivity contribution is 5.94. The zero-order valence-corrected chi connectivity index (χ0v) is 13.0. The Morgan fingerprint density at radius 1 is 1.45 bits per heavy atom. The van der Waals surface area contributed by atoms with Gasteiger partial charge in [-0.15, -0.1) is 0 Å². The van der Waals surface area contributed by atoms with Crippen LogP contribution in [0.3, 0.4) is 0 Å². The normalized spacial score (nSPS) is 13.0. The first kappa shape index (κ1) is 18.3. The van der Waals surface area contributed by atoms with E-state index in [1.54, 1.807) is 0 Å². The van der Waals surface area contributed by atoms with Crippen LogP contribution in [-0.2, 0) is 0 Å². The van der Waals surface area contributed by atoms with Crippen molar-refractivity contribution in [3.8, 4) is 5.88 Å². The molecule has 0 saturated heterocycles. The van der Waals surface area contributed by atoms with Crippen LogP contribution in [0.25, 0.3) is 0 Å². The lowest BCUT2D eigenvalue weighted by atomic mass is 9.88. The molecule has 1 rings (SSSR count). The van der Waals surface area contributed by atoms with Gasteiger partial charge in [-0.2, -0.15) is 0 Å². The van der Waals surface area contributed by atoms with Crippen LogP contribution >= 0.6 is 0 Å². The summed E-state index contributed by atoms with van der Waals surface area (Å²) in [6.07, 6.45) is -0.687. The third-order valence-corrected chi connectivity index (χ3v) is 2.77. The molecule has 22 heavy (non-hydrogen) atoms. The molecule has 1 amide bonds. The van der Waals surface area contributed by atoms with Crippen molar-refractivity contribution in [3.63, 3.8) is 0 Å². The van der Waals surface area contributed by atoms with Gasteiger partial charge in [0.2, 0.25) is 5.88 Å². The summed E-state index contributed by atoms with van der Waals surface area (Å²) in [5, 5.41) is 12.1. The summed E-state index contributed by atoms with van der Waals surface area (Å²) in [6, 6.07) is 2.37. The van der Waals surface area contributed by atoms with Crippen molar-refractivity contribution in [1.29, 1.82) is 0 Å². The third-order valence-electron chi connectivity index (χ3n) is 2.77. The minimum Gasteiger partial charge on any atom is -0.472 e. The van der Waals surface area contributed by atoms with E-state index in [0.717, 1.165) is 0 Å². The summed E-state index contributed by atoms with van der Waals surface area (Å²) in [4.78, 5) is 15.9. The second kappa shape index (κ2) is 8.03. The molecule has 1 unspecified atom stereocenters. The summed E-state index contributed by atoms with van der Waals surface area (Å²) in [6.45, 7) is 5.06. The molecule has 0 saturated carbocycles. The van der Waals surface area contributed by atoms with Gasteiger partial charge in [0.05, 0.1) is 12.6 Å². The van der Waals surface area contributed by atoms with E-state index in [0.29, 0.717) is 6.42 Å². The monoisotopic (exact) mass is 316 g/mol. The van der Waals surface area contributed by atoms with Gasteiger partial charge < -0.3 is 15.2 Å². The standard InChI is InChI=1S/C15H22F2N2O3/c1-15(2,3)7-11(8-20)19-14(21)10-4-5-18-13(6-10)22-9-12(16)17/h4-6,11-12,20H,7-9H2,1-3H3,(H,19,21). The van der Waals surface area contributed by atoms with Gasteiger partial charge in [0, 0.05) is 17.8 Å². The van der Waals surface area contributed by atoms with E-state index in [4.69, 9.17) is 4.74 Å². The Balaban J connectivity index is 2.70. The molecule has 5 nitrogen and oxygen atoms in total. The Morgan fingerprint density at radius 2 is 2.14 bits per heavy atom. The Morgan fingerprint density at radius 3 is 2.68 bits per heavy atom. The van der Waals surface area contributed by atoms with Gasteiger partial charge in [0.1, 0.15) is 0 Å². The van der Waals surface area contributed by atoms with E-state index < -0.39 is 18.9 Å². The highest BCUT2D eigenvalue weighted by atomic mass is 19.3. The topological polar surface area (TPSA) is 71.5 Å². The molecule has 0 aromatic carbocycles. The molecule has 0 fully saturated rings. The van der Waals surface area contributed by atoms with Crippen molar-refractivity contribution in [2.45, 2.75) is 39.7 Å². The Bertz CT molecular complexity index is 490. The SMILES string of the molecule is CC(C)(C)CC(CO)NC(=O)c1ccnc(OCC(F)F)c1. The van der Waals surface area contributed by atoms with Gasteiger partial charge in [-0.1, -0.05) is 20.8 Å². The fourth-order valence-corrected chi connectivity index (χ4v) is 1.95. The van der Waals surface area contributed by atoms with Crippen LogP contribution in [0.15, 0.2) is 18.3 Å². The molecular formula is C15H22F2N2O3. The molecule has 1 atom stereocenters. The lowest BCUT2D eigenvalue weighted by Crippen LogP contribution is -2.40. The highest BCUT2D eigenvalue weighted by Crippen LogP contribution is 2.21. The summed E-state index contributed by atoms with van der Waals surface area (Å²) in [5.74, 6) is -0.447. The Hall–Kier alpha value is -1.76. The second-order valence-corrected chi connectivity index (χ2v) is 6.20. The molecule has 7 heteroatoms. The number of carbonyl (C=O) groups is 1. The predicted octanol–water partition coefficient (Wildman–Crippen LogP) is 2.25.